The summed E-state index contributed by atoms with van der Waals surface area (Å²) in [6.07, 6.45) is 0. The summed E-state index contributed by atoms with van der Waals surface area (Å²) in [6.45, 7) is 0. The zero-order chi connectivity index (χ0) is 27.6. The summed E-state index contributed by atoms with van der Waals surface area (Å²) in [5, 5.41) is 7.57. The topological polar surface area (TPSA) is 20.7 Å². The first-order valence-corrected chi connectivity index (χ1v) is 14.5. The molecule has 2 heterocycles. The average Bonchev–Trinajstić information content (AvgIpc) is 3.58. The lowest BCUT2D eigenvalue weighted by atomic mass is 9.97. The zero-order valence-electron chi connectivity index (χ0n) is 22.9. The van der Waals surface area contributed by atoms with Crippen molar-refractivity contribution in [2.45, 2.75) is 0 Å². The normalized spacial score (nSPS) is 11.8. The van der Waals surface area contributed by atoms with Crippen LogP contribution in [0.15, 0.2) is 152 Å². The van der Waals surface area contributed by atoms with Crippen molar-refractivity contribution in [1.82, 2.24) is 9.55 Å². The molecule has 2 aromatic heterocycles. The second-order valence-electron chi connectivity index (χ2n) is 11.1. The van der Waals surface area contributed by atoms with Gasteiger partial charge < -0.3 is 9.55 Å². The molecule has 0 aliphatic heterocycles. The van der Waals surface area contributed by atoms with Gasteiger partial charge in [-0.05, 0) is 69.9 Å². The Morgan fingerprint density at radius 1 is 0.405 bits per heavy atom. The van der Waals surface area contributed by atoms with Crippen LogP contribution in [0, 0.1) is 0 Å². The number of nitrogens with one attached hydrogen (secondary N) is 1. The molecule has 0 bridgehead atoms. The third-order valence-corrected chi connectivity index (χ3v) is 8.70. The van der Waals surface area contributed by atoms with E-state index in [-0.39, 0.29) is 0 Å². The Hall–Kier alpha value is -5.60. The second-order valence-corrected chi connectivity index (χ2v) is 11.1. The quantitative estimate of drug-likeness (QED) is 0.233. The number of benzene rings is 7. The van der Waals surface area contributed by atoms with Gasteiger partial charge in [0.25, 0.3) is 0 Å². The molecule has 0 amide bonds. The smallest absolute Gasteiger partial charge is 0.0547 e. The molecule has 42 heavy (non-hydrogen) atoms. The van der Waals surface area contributed by atoms with Crippen LogP contribution in [0.2, 0.25) is 0 Å². The van der Waals surface area contributed by atoms with Crippen LogP contribution in [0.4, 0.5) is 0 Å². The lowest BCUT2D eigenvalue weighted by Crippen LogP contribution is -1.97. The summed E-state index contributed by atoms with van der Waals surface area (Å²) in [6, 6.07) is 55.0. The SMILES string of the molecule is c1ccc(-c2ccccc2-n2c3ccccc3c3c(-c4ccc5[nH]c6cc7ccccc7cc6c5c4)cccc32)cc1. The van der Waals surface area contributed by atoms with E-state index in [9.17, 15) is 0 Å². The minimum atomic E-state index is 1.16. The number of aromatic nitrogens is 2. The molecule has 196 valence electrons. The van der Waals surface area contributed by atoms with Crippen molar-refractivity contribution in [3.63, 3.8) is 0 Å². The van der Waals surface area contributed by atoms with Gasteiger partial charge >= 0.3 is 0 Å². The highest BCUT2D eigenvalue weighted by Crippen LogP contribution is 2.41. The van der Waals surface area contributed by atoms with E-state index < -0.39 is 0 Å². The maximum absolute atomic E-state index is 3.66. The Bertz CT molecular complexity index is 2460. The first kappa shape index (κ1) is 23.1. The fourth-order valence-corrected chi connectivity index (χ4v) is 6.81. The minimum absolute atomic E-state index is 1.16. The Kier molecular flexibility index (Phi) is 4.93. The number of nitrogens with zero attached hydrogens (tertiary/aromatic N) is 1. The van der Waals surface area contributed by atoms with Crippen LogP contribution in [0.3, 0.4) is 0 Å². The van der Waals surface area contributed by atoms with Gasteiger partial charge in [0, 0.05) is 38.1 Å². The van der Waals surface area contributed by atoms with Crippen molar-refractivity contribution >= 4 is 54.4 Å². The molecule has 1 N–H and O–H groups in total. The van der Waals surface area contributed by atoms with Crippen molar-refractivity contribution in [3.8, 4) is 27.9 Å². The number of hydrogen-bond donors (Lipinski definition) is 1. The third kappa shape index (κ3) is 3.39. The van der Waals surface area contributed by atoms with Crippen molar-refractivity contribution < 1.29 is 0 Å². The summed E-state index contributed by atoms with van der Waals surface area (Å²) in [5.74, 6) is 0. The summed E-state index contributed by atoms with van der Waals surface area (Å²) < 4.78 is 2.44. The lowest BCUT2D eigenvalue weighted by Gasteiger charge is -2.14. The van der Waals surface area contributed by atoms with Gasteiger partial charge in [-0.25, -0.2) is 0 Å². The van der Waals surface area contributed by atoms with Gasteiger partial charge in [0.1, 0.15) is 0 Å². The van der Waals surface area contributed by atoms with Gasteiger partial charge in [0.2, 0.25) is 0 Å². The van der Waals surface area contributed by atoms with Crippen molar-refractivity contribution in [2.75, 3.05) is 0 Å². The molecule has 2 heteroatoms. The van der Waals surface area contributed by atoms with E-state index in [4.69, 9.17) is 0 Å². The largest absolute Gasteiger partial charge is 0.354 e. The maximum atomic E-state index is 3.66. The molecule has 0 radical (unpaired) electrons. The molecule has 7 aromatic carbocycles. The van der Waals surface area contributed by atoms with Crippen LogP contribution in [0.1, 0.15) is 0 Å². The summed E-state index contributed by atoms with van der Waals surface area (Å²) in [5.41, 5.74) is 10.9. The highest BCUT2D eigenvalue weighted by molar-refractivity contribution is 6.18. The standard InChI is InChI=1S/C40H26N2/c1-2-11-26(12-3-1)30-15-6-8-18-37(30)42-38-19-9-7-16-32(38)40-31(17-10-20-39(40)42)29-21-22-35-33(24-29)34-23-27-13-4-5-14-28(27)25-36(34)41-35/h1-25,41H. The van der Waals surface area contributed by atoms with E-state index in [2.05, 4.69) is 161 Å². The van der Waals surface area contributed by atoms with Crippen LogP contribution < -0.4 is 0 Å². The molecular formula is C40H26N2. The monoisotopic (exact) mass is 534 g/mol. The summed E-state index contributed by atoms with van der Waals surface area (Å²) in [7, 11) is 0. The summed E-state index contributed by atoms with van der Waals surface area (Å²) >= 11 is 0. The Balaban J connectivity index is 1.32. The molecule has 0 saturated carbocycles. The number of rotatable bonds is 3. The Morgan fingerprint density at radius 3 is 2.00 bits per heavy atom. The molecule has 0 aliphatic carbocycles. The number of para-hydroxylation sites is 2. The molecule has 0 spiro atoms. The highest BCUT2D eigenvalue weighted by atomic mass is 15.0. The van der Waals surface area contributed by atoms with Crippen LogP contribution in [0.25, 0.3) is 82.3 Å². The van der Waals surface area contributed by atoms with Gasteiger partial charge in [-0.1, -0.05) is 109 Å². The van der Waals surface area contributed by atoms with E-state index >= 15 is 0 Å². The average molecular weight is 535 g/mol. The van der Waals surface area contributed by atoms with Crippen LogP contribution >= 0.6 is 0 Å². The van der Waals surface area contributed by atoms with Crippen LogP contribution in [-0.4, -0.2) is 9.55 Å². The molecule has 9 aromatic rings. The van der Waals surface area contributed by atoms with Gasteiger partial charge in [-0.15, -0.1) is 0 Å². The van der Waals surface area contributed by atoms with Gasteiger partial charge in [-0.2, -0.15) is 0 Å². The molecule has 0 fully saturated rings. The molecule has 0 unspecified atom stereocenters. The van der Waals surface area contributed by atoms with Crippen molar-refractivity contribution in [3.05, 3.63) is 152 Å². The van der Waals surface area contributed by atoms with E-state index in [0.717, 1.165) is 5.52 Å². The predicted octanol–water partition coefficient (Wildman–Crippen LogP) is 10.9. The van der Waals surface area contributed by atoms with E-state index in [1.54, 1.807) is 0 Å². The Labute approximate surface area is 243 Å². The van der Waals surface area contributed by atoms with Crippen molar-refractivity contribution in [1.29, 1.82) is 0 Å². The van der Waals surface area contributed by atoms with E-state index in [1.807, 2.05) is 0 Å². The predicted molar refractivity (Wildman–Crippen MR) is 179 cm³/mol. The molecule has 0 atom stereocenters. The van der Waals surface area contributed by atoms with Gasteiger partial charge in [0.15, 0.2) is 0 Å². The molecule has 9 rings (SSSR count). The first-order valence-electron chi connectivity index (χ1n) is 14.5. The number of H-pyrrole nitrogens is 1. The highest BCUT2D eigenvalue weighted by Gasteiger charge is 2.18. The number of hydrogen-bond acceptors (Lipinski definition) is 0. The molecule has 0 aliphatic rings. The van der Waals surface area contributed by atoms with Crippen LogP contribution in [-0.2, 0) is 0 Å². The first-order chi connectivity index (χ1) is 20.8. The molecule has 2 nitrogen and oxygen atoms in total. The van der Waals surface area contributed by atoms with Gasteiger partial charge in [0.05, 0.1) is 16.7 Å². The number of fused-ring (bicyclic) bond motifs is 7. The molecular weight excluding hydrogens is 508 g/mol. The van der Waals surface area contributed by atoms with E-state index in [0.29, 0.717) is 0 Å². The van der Waals surface area contributed by atoms with E-state index in [1.165, 1.54) is 76.8 Å². The van der Waals surface area contributed by atoms with Crippen molar-refractivity contribution in [2.24, 2.45) is 0 Å². The maximum Gasteiger partial charge on any atom is 0.0547 e. The summed E-state index contributed by atoms with van der Waals surface area (Å²) in [4.78, 5) is 3.66. The van der Waals surface area contributed by atoms with Crippen LogP contribution in [0.5, 0.6) is 0 Å². The second kappa shape index (κ2) is 8.95. The molecule has 0 saturated heterocycles. The zero-order valence-corrected chi connectivity index (χ0v) is 22.9. The Morgan fingerprint density at radius 2 is 1.10 bits per heavy atom. The third-order valence-electron chi connectivity index (χ3n) is 8.70. The fraction of sp³-hybridized carbons (Fsp3) is 0. The number of aromatic amines is 1. The fourth-order valence-electron chi connectivity index (χ4n) is 6.81. The van der Waals surface area contributed by atoms with Gasteiger partial charge in [-0.3, -0.25) is 0 Å². The minimum Gasteiger partial charge on any atom is -0.354 e. The lowest BCUT2D eigenvalue weighted by molar-refractivity contribution is 1.18.